The molecule has 2 aromatic rings. The smallest absolute Gasteiger partial charge is 0.310 e. The monoisotopic (exact) mass is 234 g/mol. The first kappa shape index (κ1) is 11.1. The fraction of sp³-hybridized carbons (Fsp3) is 0.200. The Hall–Kier alpha value is -2.44. The number of nitrogens with one attached hydrogen (secondary N) is 1. The van der Waals surface area contributed by atoms with Crippen molar-refractivity contribution in [2.75, 3.05) is 0 Å². The number of aryl methyl sites for hydroxylation is 1. The van der Waals surface area contributed by atoms with Crippen molar-refractivity contribution in [1.29, 1.82) is 0 Å². The molecule has 0 atom stereocenters. The third-order valence-corrected chi connectivity index (χ3v) is 2.06. The molecule has 0 fully saturated rings. The van der Waals surface area contributed by atoms with Crippen molar-refractivity contribution in [3.8, 4) is 5.75 Å². The van der Waals surface area contributed by atoms with Crippen LogP contribution >= 0.6 is 0 Å². The van der Waals surface area contributed by atoms with Gasteiger partial charge in [0.25, 0.3) is 0 Å². The van der Waals surface area contributed by atoms with E-state index >= 15 is 0 Å². The summed E-state index contributed by atoms with van der Waals surface area (Å²) >= 11 is 0. The fourth-order valence-electron chi connectivity index (χ4n) is 1.33. The van der Waals surface area contributed by atoms with Crippen LogP contribution in [0.1, 0.15) is 11.6 Å². The van der Waals surface area contributed by atoms with Gasteiger partial charge in [-0.05, 0) is 13.0 Å². The number of aromatic amines is 1. The molecule has 7 heteroatoms. The summed E-state index contributed by atoms with van der Waals surface area (Å²) in [6.07, 6.45) is 0. The van der Waals surface area contributed by atoms with Crippen molar-refractivity contribution in [3.63, 3.8) is 0 Å². The minimum Gasteiger partial charge on any atom is -0.478 e. The van der Waals surface area contributed by atoms with E-state index in [9.17, 15) is 10.1 Å². The van der Waals surface area contributed by atoms with Gasteiger partial charge in [-0.25, -0.2) is 4.98 Å². The van der Waals surface area contributed by atoms with Crippen molar-refractivity contribution in [3.05, 3.63) is 46.0 Å². The predicted molar refractivity (Wildman–Crippen MR) is 58.5 cm³/mol. The van der Waals surface area contributed by atoms with E-state index in [4.69, 9.17) is 4.74 Å². The molecule has 0 aliphatic carbocycles. The number of nitro benzene ring substituents is 1. The number of benzene rings is 1. The number of para-hydroxylation sites is 2. The van der Waals surface area contributed by atoms with Gasteiger partial charge in [0.05, 0.1) is 4.92 Å². The maximum atomic E-state index is 10.7. The second-order valence-electron chi connectivity index (χ2n) is 3.35. The molecule has 88 valence electrons. The molecule has 2 rings (SSSR count). The third kappa shape index (κ3) is 2.57. The Morgan fingerprint density at radius 1 is 1.47 bits per heavy atom. The Morgan fingerprint density at radius 3 is 2.88 bits per heavy atom. The van der Waals surface area contributed by atoms with Gasteiger partial charge in [0.1, 0.15) is 12.4 Å². The van der Waals surface area contributed by atoms with Crippen LogP contribution in [0.3, 0.4) is 0 Å². The van der Waals surface area contributed by atoms with Crippen LogP contribution in [0.5, 0.6) is 5.75 Å². The summed E-state index contributed by atoms with van der Waals surface area (Å²) in [5.74, 6) is 1.34. The highest BCUT2D eigenvalue weighted by atomic mass is 16.6. The van der Waals surface area contributed by atoms with Crippen LogP contribution < -0.4 is 4.74 Å². The Morgan fingerprint density at radius 2 is 2.24 bits per heavy atom. The van der Waals surface area contributed by atoms with Crippen LogP contribution in [-0.4, -0.2) is 20.1 Å². The maximum Gasteiger partial charge on any atom is 0.310 e. The summed E-state index contributed by atoms with van der Waals surface area (Å²) in [7, 11) is 0. The van der Waals surface area contributed by atoms with Gasteiger partial charge in [-0.2, -0.15) is 5.10 Å². The van der Waals surface area contributed by atoms with Gasteiger partial charge in [0.15, 0.2) is 11.6 Å². The zero-order chi connectivity index (χ0) is 12.3. The van der Waals surface area contributed by atoms with Crippen molar-refractivity contribution in [2.45, 2.75) is 13.5 Å². The first-order valence-electron chi connectivity index (χ1n) is 4.91. The molecule has 0 bridgehead atoms. The van der Waals surface area contributed by atoms with Gasteiger partial charge in [-0.3, -0.25) is 15.2 Å². The van der Waals surface area contributed by atoms with Gasteiger partial charge < -0.3 is 4.74 Å². The van der Waals surface area contributed by atoms with Crippen molar-refractivity contribution in [1.82, 2.24) is 15.2 Å². The molecule has 0 saturated carbocycles. The van der Waals surface area contributed by atoms with Gasteiger partial charge in [-0.15, -0.1) is 0 Å². The zero-order valence-corrected chi connectivity index (χ0v) is 9.08. The summed E-state index contributed by atoms with van der Waals surface area (Å²) in [6.45, 7) is 1.86. The Balaban J connectivity index is 2.11. The zero-order valence-electron chi connectivity index (χ0n) is 9.08. The first-order valence-corrected chi connectivity index (χ1v) is 4.91. The van der Waals surface area contributed by atoms with E-state index in [0.29, 0.717) is 11.6 Å². The molecular weight excluding hydrogens is 224 g/mol. The molecule has 1 N–H and O–H groups in total. The summed E-state index contributed by atoms with van der Waals surface area (Å²) in [6, 6.07) is 6.18. The second-order valence-corrected chi connectivity index (χ2v) is 3.35. The molecule has 0 spiro atoms. The summed E-state index contributed by atoms with van der Waals surface area (Å²) < 4.78 is 5.31. The third-order valence-electron chi connectivity index (χ3n) is 2.06. The molecule has 17 heavy (non-hydrogen) atoms. The molecular formula is C10H10N4O3. The highest BCUT2D eigenvalue weighted by molar-refractivity contribution is 5.45. The number of nitro groups is 1. The Kier molecular flexibility index (Phi) is 2.99. The van der Waals surface area contributed by atoms with E-state index in [-0.39, 0.29) is 18.0 Å². The van der Waals surface area contributed by atoms with E-state index in [1.165, 1.54) is 12.1 Å². The normalized spacial score (nSPS) is 10.2. The molecule has 0 amide bonds. The van der Waals surface area contributed by atoms with Crippen LogP contribution in [-0.2, 0) is 6.61 Å². The number of aromatic nitrogens is 3. The van der Waals surface area contributed by atoms with E-state index in [0.717, 1.165) is 0 Å². The van der Waals surface area contributed by atoms with E-state index in [1.54, 1.807) is 19.1 Å². The van der Waals surface area contributed by atoms with Crippen LogP contribution in [0.2, 0.25) is 0 Å². The van der Waals surface area contributed by atoms with Crippen molar-refractivity contribution < 1.29 is 9.66 Å². The minimum absolute atomic E-state index is 0.0697. The van der Waals surface area contributed by atoms with E-state index in [1.807, 2.05) is 0 Å². The molecule has 0 aliphatic rings. The lowest BCUT2D eigenvalue weighted by molar-refractivity contribution is -0.385. The number of ether oxygens (including phenoxy) is 1. The molecule has 0 unspecified atom stereocenters. The van der Waals surface area contributed by atoms with E-state index in [2.05, 4.69) is 15.2 Å². The number of H-pyrrole nitrogens is 1. The number of hydrogen-bond acceptors (Lipinski definition) is 5. The van der Waals surface area contributed by atoms with Gasteiger partial charge >= 0.3 is 5.69 Å². The largest absolute Gasteiger partial charge is 0.478 e. The van der Waals surface area contributed by atoms with E-state index < -0.39 is 4.92 Å². The number of nitrogens with zero attached hydrogens (tertiary/aromatic N) is 3. The molecule has 1 aromatic heterocycles. The average Bonchev–Trinajstić information content (AvgIpc) is 2.73. The lowest BCUT2D eigenvalue weighted by atomic mass is 10.3. The number of rotatable bonds is 4. The summed E-state index contributed by atoms with van der Waals surface area (Å²) in [5, 5.41) is 17.3. The Labute approximate surface area is 96.6 Å². The van der Waals surface area contributed by atoms with Crippen molar-refractivity contribution in [2.24, 2.45) is 0 Å². The van der Waals surface area contributed by atoms with Gasteiger partial charge in [0, 0.05) is 6.07 Å². The van der Waals surface area contributed by atoms with Gasteiger partial charge in [-0.1, -0.05) is 12.1 Å². The Bertz CT molecular complexity index is 538. The van der Waals surface area contributed by atoms with Crippen LogP contribution in [0.25, 0.3) is 0 Å². The molecule has 0 radical (unpaired) electrons. The predicted octanol–water partition coefficient (Wildman–Crippen LogP) is 1.60. The second kappa shape index (κ2) is 4.60. The molecule has 1 heterocycles. The van der Waals surface area contributed by atoms with Gasteiger partial charge in [0.2, 0.25) is 0 Å². The summed E-state index contributed by atoms with van der Waals surface area (Å²) in [4.78, 5) is 14.3. The minimum atomic E-state index is -0.488. The van der Waals surface area contributed by atoms with Crippen LogP contribution in [0.15, 0.2) is 24.3 Å². The lowest BCUT2D eigenvalue weighted by Gasteiger charge is -2.03. The molecule has 7 nitrogen and oxygen atoms in total. The quantitative estimate of drug-likeness (QED) is 0.640. The average molecular weight is 234 g/mol. The van der Waals surface area contributed by atoms with Crippen LogP contribution in [0.4, 0.5) is 5.69 Å². The number of hydrogen-bond donors (Lipinski definition) is 1. The topological polar surface area (TPSA) is 93.9 Å². The molecule has 1 aromatic carbocycles. The first-order chi connectivity index (χ1) is 8.16. The summed E-state index contributed by atoms with van der Waals surface area (Å²) in [5.41, 5.74) is -0.0697. The standard InChI is InChI=1S/C10H10N4O3/c1-7-11-10(13-12-7)6-17-9-5-3-2-4-8(9)14(15)16/h2-5H,6H2,1H3,(H,11,12,13). The van der Waals surface area contributed by atoms with Crippen molar-refractivity contribution >= 4 is 5.69 Å². The highest BCUT2D eigenvalue weighted by Gasteiger charge is 2.14. The SMILES string of the molecule is Cc1nc(COc2ccccc2[N+](=O)[O-])n[nH]1. The molecule has 0 aliphatic heterocycles. The lowest BCUT2D eigenvalue weighted by Crippen LogP contribution is -2.00. The van der Waals surface area contributed by atoms with Crippen LogP contribution in [0, 0.1) is 17.0 Å². The highest BCUT2D eigenvalue weighted by Crippen LogP contribution is 2.26. The molecule has 0 saturated heterocycles. The maximum absolute atomic E-state index is 10.7. The fourth-order valence-corrected chi connectivity index (χ4v) is 1.33.